The fourth-order valence-corrected chi connectivity index (χ4v) is 1.76. The van der Waals surface area contributed by atoms with Gasteiger partial charge in [0.05, 0.1) is 22.8 Å². The predicted molar refractivity (Wildman–Crippen MR) is 83.8 cm³/mol. The molecule has 0 saturated heterocycles. The molecule has 1 aromatic carbocycles. The SMILES string of the molecule is CCOC(=O)c1ccccc1Nc1ccncc1[N+](=O)[O-].Cl. The van der Waals surface area contributed by atoms with E-state index in [1.807, 2.05) is 0 Å². The molecule has 0 bridgehead atoms. The van der Waals surface area contributed by atoms with Gasteiger partial charge in [-0.1, -0.05) is 12.1 Å². The minimum absolute atomic E-state index is 0. The van der Waals surface area contributed by atoms with Gasteiger partial charge >= 0.3 is 11.7 Å². The largest absolute Gasteiger partial charge is 0.462 e. The molecule has 0 fully saturated rings. The fourth-order valence-electron chi connectivity index (χ4n) is 1.76. The van der Waals surface area contributed by atoms with E-state index in [-0.39, 0.29) is 30.4 Å². The van der Waals surface area contributed by atoms with E-state index in [1.165, 1.54) is 12.3 Å². The van der Waals surface area contributed by atoms with Crippen LogP contribution in [-0.4, -0.2) is 22.5 Å². The second kappa shape index (κ2) is 7.94. The molecule has 0 aliphatic rings. The summed E-state index contributed by atoms with van der Waals surface area (Å²) >= 11 is 0. The van der Waals surface area contributed by atoms with Gasteiger partial charge in [-0.3, -0.25) is 15.1 Å². The molecule has 1 aromatic heterocycles. The first-order valence-corrected chi connectivity index (χ1v) is 6.25. The Balaban J connectivity index is 0.00000242. The zero-order chi connectivity index (χ0) is 15.2. The Hall–Kier alpha value is -2.67. The van der Waals surface area contributed by atoms with Gasteiger partial charge in [-0.25, -0.2) is 4.79 Å². The first-order valence-electron chi connectivity index (χ1n) is 6.25. The van der Waals surface area contributed by atoms with E-state index in [2.05, 4.69) is 10.3 Å². The molecular weight excluding hydrogens is 310 g/mol. The summed E-state index contributed by atoms with van der Waals surface area (Å²) in [5.74, 6) is -0.489. The van der Waals surface area contributed by atoms with Crippen molar-refractivity contribution in [2.75, 3.05) is 11.9 Å². The average Bonchev–Trinajstić information content (AvgIpc) is 2.48. The lowest BCUT2D eigenvalue weighted by atomic mass is 10.1. The monoisotopic (exact) mass is 323 g/mol. The summed E-state index contributed by atoms with van der Waals surface area (Å²) < 4.78 is 4.96. The minimum Gasteiger partial charge on any atom is -0.462 e. The number of nitro groups is 1. The molecule has 0 spiro atoms. The average molecular weight is 324 g/mol. The Morgan fingerprint density at radius 1 is 1.32 bits per heavy atom. The van der Waals surface area contributed by atoms with Gasteiger partial charge in [-0.2, -0.15) is 0 Å². The summed E-state index contributed by atoms with van der Waals surface area (Å²) in [6.45, 7) is 1.96. The van der Waals surface area contributed by atoms with Crippen molar-refractivity contribution in [3.63, 3.8) is 0 Å². The smallest absolute Gasteiger partial charge is 0.340 e. The number of carbonyl (C=O) groups is 1. The molecular formula is C14H14ClN3O4. The molecule has 0 amide bonds. The molecule has 8 heteroatoms. The van der Waals surface area contributed by atoms with E-state index in [0.717, 1.165) is 6.20 Å². The van der Waals surface area contributed by atoms with Gasteiger partial charge in [0.25, 0.3) is 0 Å². The third kappa shape index (κ3) is 3.92. The Bertz CT molecular complexity index is 679. The maximum Gasteiger partial charge on any atom is 0.340 e. The van der Waals surface area contributed by atoms with Crippen LogP contribution in [0.2, 0.25) is 0 Å². The van der Waals surface area contributed by atoms with Crippen LogP contribution in [0, 0.1) is 10.1 Å². The number of carbonyl (C=O) groups excluding carboxylic acids is 1. The third-order valence-electron chi connectivity index (χ3n) is 2.69. The zero-order valence-electron chi connectivity index (χ0n) is 11.7. The Labute approximate surface area is 132 Å². The molecule has 0 unspecified atom stereocenters. The number of esters is 1. The normalized spacial score (nSPS) is 9.50. The number of hydrogen-bond donors (Lipinski definition) is 1. The molecule has 7 nitrogen and oxygen atoms in total. The summed E-state index contributed by atoms with van der Waals surface area (Å²) in [4.78, 5) is 26.0. The summed E-state index contributed by atoms with van der Waals surface area (Å²) in [6.07, 6.45) is 2.58. The van der Waals surface area contributed by atoms with E-state index in [9.17, 15) is 14.9 Å². The highest BCUT2D eigenvalue weighted by atomic mass is 35.5. The van der Waals surface area contributed by atoms with Crippen molar-refractivity contribution in [1.82, 2.24) is 4.98 Å². The first kappa shape index (κ1) is 17.4. The van der Waals surface area contributed by atoms with Gasteiger partial charge in [-0.15, -0.1) is 12.4 Å². The van der Waals surface area contributed by atoms with Gasteiger partial charge in [0.15, 0.2) is 0 Å². The second-order valence-corrected chi connectivity index (χ2v) is 4.04. The predicted octanol–water partition coefficient (Wildman–Crippen LogP) is 3.33. The molecule has 0 atom stereocenters. The number of halogens is 1. The molecule has 0 aliphatic carbocycles. The molecule has 116 valence electrons. The number of benzene rings is 1. The van der Waals surface area contributed by atoms with Crippen LogP contribution < -0.4 is 5.32 Å². The maximum atomic E-state index is 11.9. The third-order valence-corrected chi connectivity index (χ3v) is 2.69. The van der Waals surface area contributed by atoms with E-state index in [1.54, 1.807) is 31.2 Å². The molecule has 1 heterocycles. The lowest BCUT2D eigenvalue weighted by Gasteiger charge is -2.11. The number of anilines is 2. The molecule has 0 saturated carbocycles. The Morgan fingerprint density at radius 2 is 2.05 bits per heavy atom. The lowest BCUT2D eigenvalue weighted by Crippen LogP contribution is -2.08. The fraction of sp³-hybridized carbons (Fsp3) is 0.143. The Kier molecular flexibility index (Phi) is 6.27. The highest BCUT2D eigenvalue weighted by Gasteiger charge is 2.17. The van der Waals surface area contributed by atoms with Gasteiger partial charge in [0, 0.05) is 6.20 Å². The highest BCUT2D eigenvalue weighted by Crippen LogP contribution is 2.28. The van der Waals surface area contributed by atoms with Crippen LogP contribution in [0.4, 0.5) is 17.1 Å². The van der Waals surface area contributed by atoms with Crippen molar-refractivity contribution >= 4 is 35.4 Å². The number of hydrogen-bond acceptors (Lipinski definition) is 6. The summed E-state index contributed by atoms with van der Waals surface area (Å²) in [5, 5.41) is 13.8. The molecule has 2 aromatic rings. The van der Waals surface area contributed by atoms with Crippen molar-refractivity contribution in [2.45, 2.75) is 6.92 Å². The second-order valence-electron chi connectivity index (χ2n) is 4.04. The number of nitrogens with one attached hydrogen (secondary N) is 1. The van der Waals surface area contributed by atoms with Crippen molar-refractivity contribution < 1.29 is 14.5 Å². The summed E-state index contributed by atoms with van der Waals surface area (Å²) in [6, 6.07) is 8.13. The van der Waals surface area contributed by atoms with Gasteiger partial charge in [0.2, 0.25) is 0 Å². The first-order chi connectivity index (χ1) is 10.1. The van der Waals surface area contributed by atoms with Crippen molar-refractivity contribution in [3.05, 3.63) is 58.4 Å². The molecule has 0 aliphatic heterocycles. The van der Waals surface area contributed by atoms with Crippen molar-refractivity contribution in [3.8, 4) is 0 Å². The number of nitrogens with zero attached hydrogens (tertiary/aromatic N) is 2. The zero-order valence-corrected chi connectivity index (χ0v) is 12.5. The summed E-state index contributed by atoms with van der Waals surface area (Å²) in [5.41, 5.74) is 0.832. The number of pyridine rings is 1. The van der Waals surface area contributed by atoms with Gasteiger partial charge < -0.3 is 10.1 Å². The topological polar surface area (TPSA) is 94.4 Å². The summed E-state index contributed by atoms with van der Waals surface area (Å²) in [7, 11) is 0. The minimum atomic E-state index is -0.539. The number of rotatable bonds is 5. The van der Waals surface area contributed by atoms with Crippen molar-refractivity contribution in [2.24, 2.45) is 0 Å². The number of para-hydroxylation sites is 1. The van der Waals surface area contributed by atoms with E-state index in [4.69, 9.17) is 4.74 Å². The Morgan fingerprint density at radius 3 is 2.73 bits per heavy atom. The molecule has 0 radical (unpaired) electrons. The standard InChI is InChI=1S/C14H13N3O4.ClH/c1-2-21-14(18)10-5-3-4-6-11(10)16-12-7-8-15-9-13(12)17(19)20;/h3-9H,2H2,1H3,(H,15,16);1H. The van der Waals surface area contributed by atoms with Gasteiger partial charge in [-0.05, 0) is 25.1 Å². The van der Waals surface area contributed by atoms with Crippen LogP contribution in [0.15, 0.2) is 42.7 Å². The highest BCUT2D eigenvalue weighted by molar-refractivity contribution is 5.96. The van der Waals surface area contributed by atoms with E-state index < -0.39 is 10.9 Å². The quantitative estimate of drug-likeness (QED) is 0.515. The van der Waals surface area contributed by atoms with E-state index in [0.29, 0.717) is 11.3 Å². The van der Waals surface area contributed by atoms with Crippen LogP contribution in [0.25, 0.3) is 0 Å². The van der Waals surface area contributed by atoms with Crippen LogP contribution in [0.3, 0.4) is 0 Å². The molecule has 22 heavy (non-hydrogen) atoms. The van der Waals surface area contributed by atoms with Crippen LogP contribution in [0.5, 0.6) is 0 Å². The van der Waals surface area contributed by atoms with Crippen molar-refractivity contribution in [1.29, 1.82) is 0 Å². The number of aromatic nitrogens is 1. The van der Waals surface area contributed by atoms with Crippen LogP contribution in [-0.2, 0) is 4.74 Å². The van der Waals surface area contributed by atoms with E-state index >= 15 is 0 Å². The lowest BCUT2D eigenvalue weighted by molar-refractivity contribution is -0.384. The maximum absolute atomic E-state index is 11.9. The van der Waals surface area contributed by atoms with Gasteiger partial charge in [0.1, 0.15) is 11.9 Å². The number of ether oxygens (including phenoxy) is 1. The van der Waals surface area contributed by atoms with Crippen LogP contribution in [0.1, 0.15) is 17.3 Å². The molecule has 1 N–H and O–H groups in total. The molecule has 2 rings (SSSR count). The van der Waals surface area contributed by atoms with Crippen LogP contribution >= 0.6 is 12.4 Å².